The normalized spacial score (nSPS) is 10.6. The predicted octanol–water partition coefficient (Wildman–Crippen LogP) is 2.18. The Hall–Kier alpha value is -2.63. The zero-order valence-corrected chi connectivity index (χ0v) is 12.2. The van der Waals surface area contributed by atoms with E-state index in [2.05, 4.69) is 11.6 Å². The van der Waals surface area contributed by atoms with E-state index in [1.165, 1.54) is 13.1 Å². The number of likely N-dealkylation sites (N-methyl/N-ethyl adjacent to an activating group) is 1. The number of amides is 1. The molecule has 1 aromatic rings. The van der Waals surface area contributed by atoms with Gasteiger partial charge in [-0.25, -0.2) is 0 Å². The summed E-state index contributed by atoms with van der Waals surface area (Å²) in [5.41, 5.74) is 7.62. The van der Waals surface area contributed by atoms with Gasteiger partial charge < -0.3 is 15.7 Å². The number of nitrogens with zero attached hydrogens (tertiary/aromatic N) is 2. The Morgan fingerprint density at radius 1 is 1.48 bits per heavy atom. The van der Waals surface area contributed by atoms with Crippen LogP contribution >= 0.6 is 0 Å². The molecule has 0 aliphatic rings. The van der Waals surface area contributed by atoms with Crippen LogP contribution in [0, 0.1) is 0 Å². The molecule has 0 atom stereocenters. The molecular weight excluding hydrogens is 270 g/mol. The molecule has 0 fully saturated rings. The number of nitrogens with two attached hydrogens (primary N) is 1. The molecule has 1 aromatic carbocycles. The number of rotatable bonds is 6. The van der Waals surface area contributed by atoms with Gasteiger partial charge in [0.2, 0.25) is 0 Å². The van der Waals surface area contributed by atoms with Gasteiger partial charge in [-0.15, -0.1) is 0 Å². The zero-order chi connectivity index (χ0) is 16.0. The van der Waals surface area contributed by atoms with Gasteiger partial charge in [-0.1, -0.05) is 19.6 Å². The van der Waals surface area contributed by atoms with Gasteiger partial charge in [0.1, 0.15) is 6.54 Å². The molecule has 6 heteroatoms. The summed E-state index contributed by atoms with van der Waals surface area (Å²) >= 11 is 0. The monoisotopic (exact) mass is 289 g/mol. The second kappa shape index (κ2) is 7.23. The van der Waals surface area contributed by atoms with Crippen molar-refractivity contribution in [3.63, 3.8) is 0 Å². The standard InChI is InChI=1S/C15H19N3O3/c1-4-8-17-14-10(5-2)11(6-7-12(14)16)15(21)18(3)9-13(19)20/h5-8H,2,4,9,16H2,1,3H3,(H,19,20). The van der Waals surface area contributed by atoms with Crippen molar-refractivity contribution in [1.29, 1.82) is 0 Å². The molecule has 21 heavy (non-hydrogen) atoms. The molecule has 0 bridgehead atoms. The Labute approximate surface area is 123 Å². The van der Waals surface area contributed by atoms with Gasteiger partial charge in [0.05, 0.1) is 11.4 Å². The molecule has 0 heterocycles. The number of carboxylic acids is 1. The average molecular weight is 289 g/mol. The van der Waals surface area contributed by atoms with Crippen molar-refractivity contribution < 1.29 is 14.7 Å². The average Bonchev–Trinajstić information content (AvgIpc) is 2.44. The lowest BCUT2D eigenvalue weighted by atomic mass is 10.0. The molecule has 6 nitrogen and oxygen atoms in total. The quantitative estimate of drug-likeness (QED) is 0.619. The van der Waals surface area contributed by atoms with E-state index in [1.807, 2.05) is 6.92 Å². The van der Waals surface area contributed by atoms with E-state index in [9.17, 15) is 9.59 Å². The molecule has 3 N–H and O–H groups in total. The first-order valence-electron chi connectivity index (χ1n) is 6.47. The van der Waals surface area contributed by atoms with Crippen LogP contribution in [0.5, 0.6) is 0 Å². The summed E-state index contributed by atoms with van der Waals surface area (Å²) < 4.78 is 0. The largest absolute Gasteiger partial charge is 0.480 e. The summed E-state index contributed by atoms with van der Waals surface area (Å²) in [6.45, 7) is 5.24. The van der Waals surface area contributed by atoms with Crippen molar-refractivity contribution in [1.82, 2.24) is 4.90 Å². The second-order valence-electron chi connectivity index (χ2n) is 4.44. The van der Waals surface area contributed by atoms with Crippen LogP contribution in [0.4, 0.5) is 11.4 Å². The van der Waals surface area contributed by atoms with Crippen LogP contribution in [-0.4, -0.2) is 41.7 Å². The molecule has 0 saturated heterocycles. The third kappa shape index (κ3) is 3.92. The van der Waals surface area contributed by atoms with Crippen LogP contribution in [-0.2, 0) is 4.79 Å². The minimum atomic E-state index is -1.08. The molecule has 0 saturated carbocycles. The predicted molar refractivity (Wildman–Crippen MR) is 84.0 cm³/mol. The Kier molecular flexibility index (Phi) is 5.66. The first-order valence-corrected chi connectivity index (χ1v) is 6.47. The van der Waals surface area contributed by atoms with Crippen molar-refractivity contribution in [3.05, 3.63) is 29.8 Å². The van der Waals surface area contributed by atoms with E-state index in [1.54, 1.807) is 18.3 Å². The molecule has 112 valence electrons. The Morgan fingerprint density at radius 3 is 2.67 bits per heavy atom. The fourth-order valence-electron chi connectivity index (χ4n) is 1.82. The van der Waals surface area contributed by atoms with Crippen LogP contribution in [0.25, 0.3) is 6.08 Å². The Morgan fingerprint density at radius 2 is 2.14 bits per heavy atom. The van der Waals surface area contributed by atoms with Crippen LogP contribution in [0.1, 0.15) is 29.3 Å². The fourth-order valence-corrected chi connectivity index (χ4v) is 1.82. The molecule has 0 unspecified atom stereocenters. The van der Waals surface area contributed by atoms with Crippen LogP contribution in [0.15, 0.2) is 23.7 Å². The number of hydrogen-bond donors (Lipinski definition) is 2. The number of hydrogen-bond acceptors (Lipinski definition) is 4. The molecular formula is C15H19N3O3. The molecule has 0 aliphatic carbocycles. The first kappa shape index (κ1) is 16.4. The van der Waals surface area contributed by atoms with Gasteiger partial charge in [0, 0.05) is 24.4 Å². The third-order valence-electron chi connectivity index (χ3n) is 2.80. The molecule has 0 radical (unpaired) electrons. The van der Waals surface area contributed by atoms with Crippen molar-refractivity contribution in [2.45, 2.75) is 13.3 Å². The summed E-state index contributed by atoms with van der Waals surface area (Å²) in [4.78, 5) is 28.4. The van der Waals surface area contributed by atoms with E-state index in [0.717, 1.165) is 11.3 Å². The summed E-state index contributed by atoms with van der Waals surface area (Å²) in [6, 6.07) is 3.13. The van der Waals surface area contributed by atoms with Gasteiger partial charge in [-0.05, 0) is 18.6 Å². The number of nitrogen functional groups attached to an aromatic ring is 1. The van der Waals surface area contributed by atoms with E-state index in [4.69, 9.17) is 10.8 Å². The van der Waals surface area contributed by atoms with E-state index < -0.39 is 11.9 Å². The number of carboxylic acid groups (broad SMARTS) is 1. The maximum Gasteiger partial charge on any atom is 0.323 e. The van der Waals surface area contributed by atoms with E-state index >= 15 is 0 Å². The number of aliphatic imine (C=N–C) groups is 1. The number of aliphatic carboxylic acids is 1. The maximum absolute atomic E-state index is 12.3. The Bertz CT molecular complexity index is 594. The second-order valence-corrected chi connectivity index (χ2v) is 4.44. The Balaban J connectivity index is 3.30. The summed E-state index contributed by atoms with van der Waals surface area (Å²) in [6.07, 6.45) is 3.92. The van der Waals surface area contributed by atoms with Gasteiger partial charge in [-0.2, -0.15) is 0 Å². The van der Waals surface area contributed by atoms with Crippen molar-refractivity contribution >= 4 is 35.5 Å². The lowest BCUT2D eigenvalue weighted by Gasteiger charge is -2.17. The van der Waals surface area contributed by atoms with Gasteiger partial charge in [-0.3, -0.25) is 14.6 Å². The van der Waals surface area contributed by atoms with E-state index in [-0.39, 0.29) is 6.54 Å². The summed E-state index contributed by atoms with van der Waals surface area (Å²) in [5, 5.41) is 8.76. The number of benzene rings is 1. The van der Waals surface area contributed by atoms with Gasteiger partial charge in [0.25, 0.3) is 5.91 Å². The SMILES string of the molecule is C=Cc1c(C(=O)N(C)CC(=O)O)ccc(N)c1N=CCC. The smallest absolute Gasteiger partial charge is 0.323 e. The van der Waals surface area contributed by atoms with Crippen LogP contribution in [0.2, 0.25) is 0 Å². The van der Waals surface area contributed by atoms with Crippen LogP contribution in [0.3, 0.4) is 0 Å². The first-order chi connectivity index (χ1) is 9.92. The number of anilines is 1. The van der Waals surface area contributed by atoms with Gasteiger partial charge in [0.15, 0.2) is 0 Å². The number of carbonyl (C=O) groups is 2. The lowest BCUT2D eigenvalue weighted by Crippen LogP contribution is -2.32. The van der Waals surface area contributed by atoms with E-state index in [0.29, 0.717) is 22.5 Å². The topological polar surface area (TPSA) is 96.0 Å². The highest BCUT2D eigenvalue weighted by Crippen LogP contribution is 2.31. The van der Waals surface area contributed by atoms with Crippen molar-refractivity contribution in [3.8, 4) is 0 Å². The number of carbonyl (C=O) groups excluding carboxylic acids is 1. The molecule has 0 spiro atoms. The molecule has 1 amide bonds. The van der Waals surface area contributed by atoms with Crippen molar-refractivity contribution in [2.24, 2.45) is 4.99 Å². The third-order valence-corrected chi connectivity index (χ3v) is 2.80. The highest BCUT2D eigenvalue weighted by Gasteiger charge is 2.19. The summed E-state index contributed by atoms with van der Waals surface area (Å²) in [5.74, 6) is -1.49. The van der Waals surface area contributed by atoms with Crippen LogP contribution < -0.4 is 5.73 Å². The lowest BCUT2D eigenvalue weighted by molar-refractivity contribution is -0.137. The van der Waals surface area contributed by atoms with Gasteiger partial charge >= 0.3 is 5.97 Å². The zero-order valence-electron chi connectivity index (χ0n) is 12.2. The molecule has 1 rings (SSSR count). The minimum Gasteiger partial charge on any atom is -0.480 e. The minimum absolute atomic E-state index is 0.325. The highest BCUT2D eigenvalue weighted by atomic mass is 16.4. The highest BCUT2D eigenvalue weighted by molar-refractivity contribution is 6.02. The molecule has 0 aromatic heterocycles. The van der Waals surface area contributed by atoms with Crippen molar-refractivity contribution in [2.75, 3.05) is 19.3 Å². The molecule has 0 aliphatic heterocycles. The fraction of sp³-hybridized carbons (Fsp3) is 0.267. The maximum atomic E-state index is 12.3. The summed E-state index contributed by atoms with van der Waals surface area (Å²) in [7, 11) is 1.43.